The molecule has 1 aromatic heterocycles. The van der Waals surface area contributed by atoms with Gasteiger partial charge in [-0.25, -0.2) is 0 Å². The van der Waals surface area contributed by atoms with Gasteiger partial charge in [0.25, 0.3) is 0 Å². The largest absolute Gasteiger partial charge is 0.545 e. The van der Waals surface area contributed by atoms with Crippen LogP contribution < -0.4 is 15.5 Å². The molecule has 27 heavy (non-hydrogen) atoms. The summed E-state index contributed by atoms with van der Waals surface area (Å²) in [5, 5.41) is 24.9. The molecule has 0 spiro atoms. The van der Waals surface area contributed by atoms with Crippen molar-refractivity contribution in [1.82, 2.24) is 4.98 Å². The van der Waals surface area contributed by atoms with E-state index in [4.69, 9.17) is 0 Å². The van der Waals surface area contributed by atoms with Gasteiger partial charge in [0.05, 0.1) is 28.7 Å². The van der Waals surface area contributed by atoms with Gasteiger partial charge in [0.15, 0.2) is 0 Å². The fourth-order valence-corrected chi connectivity index (χ4v) is 2.61. The standard InChI is InChI=1S/C18H11F3N2O4/c19-18(20,21)13-6-2-5-11-14(12(17(26)27)8-22-15(11)13)23-10-4-1-3-9(7-10)16(24)25/h1-8H,(H,22,23)(H,24,25)(H,26,27)/p-2. The molecule has 0 aliphatic carbocycles. The fourth-order valence-electron chi connectivity index (χ4n) is 2.61. The second-order valence-corrected chi connectivity index (χ2v) is 5.53. The van der Waals surface area contributed by atoms with E-state index in [-0.39, 0.29) is 22.3 Å². The molecule has 0 bridgehead atoms. The Morgan fingerprint density at radius 1 is 1.00 bits per heavy atom. The minimum atomic E-state index is -4.69. The Balaban J connectivity index is 2.23. The van der Waals surface area contributed by atoms with Gasteiger partial charge >= 0.3 is 6.18 Å². The second-order valence-electron chi connectivity index (χ2n) is 5.53. The van der Waals surface area contributed by atoms with E-state index in [0.717, 1.165) is 24.4 Å². The number of anilines is 2. The number of nitrogens with one attached hydrogen (secondary N) is 1. The number of nitrogens with zero attached hydrogens (tertiary/aromatic N) is 1. The van der Waals surface area contributed by atoms with Crippen molar-refractivity contribution in [2.75, 3.05) is 5.32 Å². The molecule has 9 heteroatoms. The van der Waals surface area contributed by atoms with Crippen molar-refractivity contribution in [3.05, 3.63) is 65.4 Å². The minimum absolute atomic E-state index is 0.106. The number of benzene rings is 2. The quantitative estimate of drug-likeness (QED) is 0.746. The van der Waals surface area contributed by atoms with Crippen LogP contribution in [0.5, 0.6) is 0 Å². The molecule has 0 amide bonds. The highest BCUT2D eigenvalue weighted by molar-refractivity contribution is 6.05. The van der Waals surface area contributed by atoms with Crippen LogP contribution in [0, 0.1) is 0 Å². The first-order valence-electron chi connectivity index (χ1n) is 7.47. The number of fused-ring (bicyclic) bond motifs is 1. The molecule has 0 unspecified atom stereocenters. The number of pyridine rings is 1. The van der Waals surface area contributed by atoms with Crippen molar-refractivity contribution in [3.63, 3.8) is 0 Å². The van der Waals surface area contributed by atoms with Gasteiger partial charge in [0.1, 0.15) is 0 Å². The van der Waals surface area contributed by atoms with Crippen LogP contribution in [0.25, 0.3) is 10.9 Å². The molecule has 0 saturated heterocycles. The summed E-state index contributed by atoms with van der Waals surface area (Å²) in [6.07, 6.45) is -3.93. The number of para-hydroxylation sites is 1. The highest BCUT2D eigenvalue weighted by atomic mass is 19.4. The van der Waals surface area contributed by atoms with Crippen LogP contribution in [-0.4, -0.2) is 16.9 Å². The lowest BCUT2D eigenvalue weighted by Crippen LogP contribution is -2.24. The molecule has 0 aliphatic rings. The predicted molar refractivity (Wildman–Crippen MR) is 85.1 cm³/mol. The van der Waals surface area contributed by atoms with Crippen molar-refractivity contribution >= 4 is 34.2 Å². The van der Waals surface area contributed by atoms with Crippen LogP contribution in [0.1, 0.15) is 26.3 Å². The summed E-state index contributed by atoms with van der Waals surface area (Å²) in [6, 6.07) is 8.43. The van der Waals surface area contributed by atoms with Crippen molar-refractivity contribution in [3.8, 4) is 0 Å². The molecule has 6 nitrogen and oxygen atoms in total. The van der Waals surface area contributed by atoms with E-state index in [0.29, 0.717) is 0 Å². The molecule has 138 valence electrons. The van der Waals surface area contributed by atoms with E-state index in [1.54, 1.807) is 0 Å². The number of carboxylic acids is 2. The average molecular weight is 374 g/mol. The second kappa shape index (κ2) is 6.60. The highest BCUT2D eigenvalue weighted by Crippen LogP contribution is 2.37. The molecular weight excluding hydrogens is 365 g/mol. The zero-order valence-corrected chi connectivity index (χ0v) is 13.3. The molecule has 1 N–H and O–H groups in total. The molecule has 3 rings (SSSR count). The number of rotatable bonds is 4. The van der Waals surface area contributed by atoms with Crippen LogP contribution in [-0.2, 0) is 6.18 Å². The van der Waals surface area contributed by atoms with Crippen molar-refractivity contribution < 1.29 is 33.0 Å². The molecule has 1 heterocycles. The Hall–Kier alpha value is -3.62. The van der Waals surface area contributed by atoms with Gasteiger partial charge in [-0.05, 0) is 23.8 Å². The molecule has 3 aromatic rings. The lowest BCUT2D eigenvalue weighted by molar-refractivity contribution is -0.256. The van der Waals surface area contributed by atoms with E-state index in [9.17, 15) is 33.0 Å². The lowest BCUT2D eigenvalue weighted by atomic mass is 10.0. The summed E-state index contributed by atoms with van der Waals surface area (Å²) in [4.78, 5) is 26.0. The van der Waals surface area contributed by atoms with Crippen molar-refractivity contribution in [1.29, 1.82) is 0 Å². The normalized spacial score (nSPS) is 11.4. The van der Waals surface area contributed by atoms with Crippen LogP contribution in [0.2, 0.25) is 0 Å². The average Bonchev–Trinajstić information content (AvgIpc) is 2.60. The number of hydrogen-bond acceptors (Lipinski definition) is 6. The Bertz CT molecular complexity index is 1060. The third-order valence-electron chi connectivity index (χ3n) is 3.79. The smallest absolute Gasteiger partial charge is 0.418 e. The van der Waals surface area contributed by atoms with E-state index in [2.05, 4.69) is 10.3 Å². The molecule has 0 aliphatic heterocycles. The maximum atomic E-state index is 13.2. The molecular formula is C18H9F3N2O4-2. The number of carbonyl (C=O) groups excluding carboxylic acids is 2. The number of halogens is 3. The third kappa shape index (κ3) is 3.52. The van der Waals surface area contributed by atoms with Gasteiger partial charge in [-0.1, -0.05) is 24.3 Å². The summed E-state index contributed by atoms with van der Waals surface area (Å²) in [5.41, 5.74) is -2.19. The van der Waals surface area contributed by atoms with E-state index < -0.39 is 34.8 Å². The number of carboxylic acid groups (broad SMARTS) is 2. The van der Waals surface area contributed by atoms with Gasteiger partial charge in [-0.2, -0.15) is 13.2 Å². The zero-order chi connectivity index (χ0) is 19.8. The van der Waals surface area contributed by atoms with Crippen LogP contribution in [0.3, 0.4) is 0 Å². The Morgan fingerprint density at radius 2 is 1.70 bits per heavy atom. The van der Waals surface area contributed by atoms with Gasteiger partial charge < -0.3 is 25.1 Å². The zero-order valence-electron chi connectivity index (χ0n) is 13.3. The summed E-state index contributed by atoms with van der Waals surface area (Å²) in [7, 11) is 0. The number of alkyl halides is 3. The fraction of sp³-hybridized carbons (Fsp3) is 0.0556. The molecule has 2 aromatic carbocycles. The van der Waals surface area contributed by atoms with Crippen molar-refractivity contribution in [2.24, 2.45) is 0 Å². The Morgan fingerprint density at radius 3 is 2.33 bits per heavy atom. The number of hydrogen-bond donors (Lipinski definition) is 1. The predicted octanol–water partition coefficient (Wildman–Crippen LogP) is 1.72. The summed E-state index contributed by atoms with van der Waals surface area (Å²) >= 11 is 0. The summed E-state index contributed by atoms with van der Waals surface area (Å²) in [6.45, 7) is 0. The summed E-state index contributed by atoms with van der Waals surface area (Å²) in [5.74, 6) is -3.11. The number of aromatic carboxylic acids is 2. The van der Waals surface area contributed by atoms with Gasteiger partial charge in [-0.3, -0.25) is 4.98 Å². The summed E-state index contributed by atoms with van der Waals surface area (Å²) < 4.78 is 39.6. The van der Waals surface area contributed by atoms with Gasteiger partial charge in [0, 0.05) is 22.8 Å². The van der Waals surface area contributed by atoms with Crippen molar-refractivity contribution in [2.45, 2.75) is 6.18 Å². The van der Waals surface area contributed by atoms with Crippen LogP contribution in [0.15, 0.2) is 48.7 Å². The SMILES string of the molecule is O=C([O-])c1cccc(Nc2c(C(=O)[O-])cnc3c(C(F)(F)F)cccc23)c1. The maximum Gasteiger partial charge on any atom is 0.418 e. The first-order chi connectivity index (χ1) is 12.7. The number of carbonyl (C=O) groups is 2. The van der Waals surface area contributed by atoms with Crippen LogP contribution in [0.4, 0.5) is 24.5 Å². The van der Waals surface area contributed by atoms with E-state index in [1.165, 1.54) is 24.3 Å². The first kappa shape index (κ1) is 18.2. The van der Waals surface area contributed by atoms with E-state index in [1.807, 2.05) is 0 Å². The topological polar surface area (TPSA) is 105 Å². The Labute approximate surface area is 149 Å². The maximum absolute atomic E-state index is 13.2. The minimum Gasteiger partial charge on any atom is -0.545 e. The third-order valence-corrected chi connectivity index (χ3v) is 3.79. The van der Waals surface area contributed by atoms with E-state index >= 15 is 0 Å². The highest BCUT2D eigenvalue weighted by Gasteiger charge is 2.33. The van der Waals surface area contributed by atoms with Gasteiger partial charge in [-0.15, -0.1) is 0 Å². The number of aromatic nitrogens is 1. The molecule has 0 saturated carbocycles. The first-order valence-corrected chi connectivity index (χ1v) is 7.47. The molecule has 0 radical (unpaired) electrons. The van der Waals surface area contributed by atoms with Gasteiger partial charge in [0.2, 0.25) is 0 Å². The lowest BCUT2D eigenvalue weighted by Gasteiger charge is -2.18. The Kier molecular flexibility index (Phi) is 4.44. The monoisotopic (exact) mass is 374 g/mol. The molecule has 0 atom stereocenters. The van der Waals surface area contributed by atoms with Crippen LogP contribution >= 0.6 is 0 Å². The molecule has 0 fully saturated rings.